The van der Waals surface area contributed by atoms with Gasteiger partial charge in [-0.3, -0.25) is 14.6 Å². The second-order valence-corrected chi connectivity index (χ2v) is 8.42. The molecular weight excluding hydrogens is 445 g/mol. The summed E-state index contributed by atoms with van der Waals surface area (Å²) < 4.78 is 18.8. The summed E-state index contributed by atoms with van der Waals surface area (Å²) in [6.07, 6.45) is 4.59. The van der Waals surface area contributed by atoms with Crippen LogP contribution >= 0.6 is 11.6 Å². The molecule has 6 nitrogen and oxygen atoms in total. The molecule has 33 heavy (non-hydrogen) atoms. The molecule has 0 bridgehead atoms. The number of benzene rings is 2. The Morgan fingerprint density at radius 2 is 1.97 bits per heavy atom. The number of morpholine rings is 1. The van der Waals surface area contributed by atoms with Crippen LogP contribution in [0.15, 0.2) is 55.3 Å². The van der Waals surface area contributed by atoms with Gasteiger partial charge in [0.1, 0.15) is 5.82 Å². The Labute approximate surface area is 197 Å². The lowest BCUT2D eigenvalue weighted by molar-refractivity contribution is -0.116. The molecule has 0 aromatic heterocycles. The minimum Gasteiger partial charge on any atom is -0.379 e. The summed E-state index contributed by atoms with van der Waals surface area (Å²) >= 11 is 6.51. The van der Waals surface area contributed by atoms with Gasteiger partial charge in [0.05, 0.1) is 24.9 Å². The molecule has 4 rings (SSSR count). The van der Waals surface area contributed by atoms with Crippen molar-refractivity contribution in [3.63, 3.8) is 0 Å². The number of nitrogens with one attached hydrogen (secondary N) is 1. The number of anilines is 1. The van der Waals surface area contributed by atoms with E-state index in [1.54, 1.807) is 24.3 Å². The van der Waals surface area contributed by atoms with Crippen molar-refractivity contribution in [3.8, 4) is 0 Å². The van der Waals surface area contributed by atoms with Crippen LogP contribution in [0.25, 0.3) is 6.08 Å². The van der Waals surface area contributed by atoms with Gasteiger partial charge < -0.3 is 10.1 Å². The number of allylic oxidation sites excluding steroid dienone is 1. The van der Waals surface area contributed by atoms with E-state index in [0.29, 0.717) is 41.6 Å². The van der Waals surface area contributed by atoms with Gasteiger partial charge in [-0.2, -0.15) is 0 Å². The van der Waals surface area contributed by atoms with Crippen LogP contribution in [0.2, 0.25) is 5.02 Å². The molecule has 1 atom stereocenters. The highest BCUT2D eigenvalue weighted by Crippen LogP contribution is 2.32. The Bertz CT molecular complexity index is 1080. The Balaban J connectivity index is 1.58. The molecule has 2 aliphatic rings. The van der Waals surface area contributed by atoms with Gasteiger partial charge >= 0.3 is 6.03 Å². The lowest BCUT2D eigenvalue weighted by atomic mass is 9.97. The maximum atomic E-state index is 13.4. The van der Waals surface area contributed by atoms with Crippen LogP contribution in [0.1, 0.15) is 29.2 Å². The Kier molecular flexibility index (Phi) is 7.23. The molecule has 1 fully saturated rings. The number of ketones is 1. The van der Waals surface area contributed by atoms with Gasteiger partial charge in [0, 0.05) is 37.3 Å². The number of carbonyl (C=O) groups excluding carboxylic acids is 2. The maximum absolute atomic E-state index is 13.4. The topological polar surface area (TPSA) is 61.9 Å². The monoisotopic (exact) mass is 469 g/mol. The molecule has 2 aromatic rings. The molecule has 0 radical (unpaired) electrons. The standard InChI is InChI=1S/C25H25ClFN3O3/c1-2-17-13-22(26)19(16-29-9-11-33-12-10-29)14-23(17)28-25(32)30-8-7-21(31)15-24(30)18-3-5-20(27)6-4-18/h2-8,13-14,24H,1,9-12,15-16H2,(H,28,32)/t24-/m0/s1. The molecule has 8 heteroatoms. The molecule has 0 unspecified atom stereocenters. The summed E-state index contributed by atoms with van der Waals surface area (Å²) in [7, 11) is 0. The molecule has 0 saturated carbocycles. The fourth-order valence-electron chi connectivity index (χ4n) is 4.01. The Morgan fingerprint density at radius 3 is 2.67 bits per heavy atom. The van der Waals surface area contributed by atoms with Crippen LogP contribution in [0, 0.1) is 5.82 Å². The van der Waals surface area contributed by atoms with Crippen molar-refractivity contribution in [2.75, 3.05) is 31.6 Å². The predicted octanol–water partition coefficient (Wildman–Crippen LogP) is 5.02. The number of amides is 2. The molecular formula is C25H25ClFN3O3. The fraction of sp³-hybridized carbons (Fsp3) is 0.280. The normalized spacial score (nSPS) is 18.9. The first kappa shape index (κ1) is 23.2. The number of nitrogens with zero attached hydrogens (tertiary/aromatic N) is 2. The number of ether oxygens (including phenoxy) is 1. The molecule has 0 aliphatic carbocycles. The van der Waals surface area contributed by atoms with Crippen LogP contribution in [-0.2, 0) is 16.1 Å². The van der Waals surface area contributed by atoms with E-state index in [9.17, 15) is 14.0 Å². The zero-order valence-corrected chi connectivity index (χ0v) is 18.9. The Morgan fingerprint density at radius 1 is 1.24 bits per heavy atom. The second-order valence-electron chi connectivity index (χ2n) is 8.01. The van der Waals surface area contributed by atoms with Crippen LogP contribution in [0.3, 0.4) is 0 Å². The van der Waals surface area contributed by atoms with Gasteiger partial charge in [0.15, 0.2) is 5.78 Å². The van der Waals surface area contributed by atoms with Gasteiger partial charge in [0.25, 0.3) is 0 Å². The van der Waals surface area contributed by atoms with Crippen LogP contribution in [0.4, 0.5) is 14.9 Å². The van der Waals surface area contributed by atoms with Gasteiger partial charge in [-0.25, -0.2) is 9.18 Å². The molecule has 1 N–H and O–H groups in total. The van der Waals surface area contributed by atoms with E-state index in [0.717, 1.165) is 18.7 Å². The van der Waals surface area contributed by atoms with Gasteiger partial charge in [-0.15, -0.1) is 0 Å². The van der Waals surface area contributed by atoms with E-state index in [4.69, 9.17) is 16.3 Å². The van der Waals surface area contributed by atoms with Crippen LogP contribution < -0.4 is 5.32 Å². The van der Waals surface area contributed by atoms with Crippen molar-refractivity contribution >= 4 is 35.2 Å². The number of halogens is 2. The summed E-state index contributed by atoms with van der Waals surface area (Å²) in [4.78, 5) is 29.0. The van der Waals surface area contributed by atoms with E-state index in [2.05, 4.69) is 16.8 Å². The number of carbonyl (C=O) groups is 2. The SMILES string of the molecule is C=Cc1cc(Cl)c(CN2CCOCC2)cc1NC(=O)N1C=CC(=O)C[C@H]1c1ccc(F)cc1. The molecule has 0 spiro atoms. The number of urea groups is 1. The largest absolute Gasteiger partial charge is 0.379 e. The lowest BCUT2D eigenvalue weighted by Gasteiger charge is -2.32. The fourth-order valence-corrected chi connectivity index (χ4v) is 4.24. The second kappa shape index (κ2) is 10.3. The van der Waals surface area contributed by atoms with Crippen LogP contribution in [0.5, 0.6) is 0 Å². The third-order valence-electron chi connectivity index (χ3n) is 5.82. The van der Waals surface area contributed by atoms with Gasteiger partial charge in [0.2, 0.25) is 0 Å². The minimum atomic E-state index is -0.532. The minimum absolute atomic E-state index is 0.0977. The zero-order valence-electron chi connectivity index (χ0n) is 18.1. The maximum Gasteiger partial charge on any atom is 0.326 e. The van der Waals surface area contributed by atoms with Crippen molar-refractivity contribution in [2.45, 2.75) is 19.0 Å². The quantitative estimate of drug-likeness (QED) is 0.668. The highest BCUT2D eigenvalue weighted by Gasteiger charge is 2.29. The van der Waals surface area contributed by atoms with Crippen molar-refractivity contribution in [1.82, 2.24) is 9.80 Å². The van der Waals surface area contributed by atoms with E-state index in [1.165, 1.54) is 29.3 Å². The molecule has 2 aromatic carbocycles. The van der Waals surface area contributed by atoms with E-state index in [1.807, 2.05) is 6.07 Å². The zero-order chi connectivity index (χ0) is 23.4. The highest BCUT2D eigenvalue weighted by molar-refractivity contribution is 6.31. The molecule has 172 valence electrons. The highest BCUT2D eigenvalue weighted by atomic mass is 35.5. The van der Waals surface area contributed by atoms with Crippen molar-refractivity contribution < 1.29 is 18.7 Å². The van der Waals surface area contributed by atoms with E-state index < -0.39 is 12.1 Å². The van der Waals surface area contributed by atoms with Gasteiger partial charge in [-0.1, -0.05) is 36.4 Å². The molecule has 2 amide bonds. The summed E-state index contributed by atoms with van der Waals surface area (Å²) in [6, 6.07) is 8.52. The molecule has 2 heterocycles. The third-order valence-corrected chi connectivity index (χ3v) is 6.17. The van der Waals surface area contributed by atoms with E-state index >= 15 is 0 Å². The smallest absolute Gasteiger partial charge is 0.326 e. The number of rotatable bonds is 5. The molecule has 2 aliphatic heterocycles. The van der Waals surface area contributed by atoms with Crippen molar-refractivity contribution in [1.29, 1.82) is 0 Å². The first-order valence-electron chi connectivity index (χ1n) is 10.8. The molecule has 1 saturated heterocycles. The van der Waals surface area contributed by atoms with Crippen LogP contribution in [-0.4, -0.2) is 47.9 Å². The first-order chi connectivity index (χ1) is 15.9. The summed E-state index contributed by atoms with van der Waals surface area (Å²) in [5, 5.41) is 3.54. The van der Waals surface area contributed by atoms with Gasteiger partial charge in [-0.05, 0) is 47.0 Å². The number of hydrogen-bond acceptors (Lipinski definition) is 4. The van der Waals surface area contributed by atoms with E-state index in [-0.39, 0.29) is 18.0 Å². The van der Waals surface area contributed by atoms with Crippen molar-refractivity contribution in [2.24, 2.45) is 0 Å². The van der Waals surface area contributed by atoms with Crippen molar-refractivity contribution in [3.05, 3.63) is 82.8 Å². The number of hydrogen-bond donors (Lipinski definition) is 1. The summed E-state index contributed by atoms with van der Waals surface area (Å²) in [6.45, 7) is 7.45. The summed E-state index contributed by atoms with van der Waals surface area (Å²) in [5.74, 6) is -0.475. The third kappa shape index (κ3) is 5.50. The first-order valence-corrected chi connectivity index (χ1v) is 11.1. The lowest BCUT2D eigenvalue weighted by Crippen LogP contribution is -2.37. The average molecular weight is 470 g/mol. The average Bonchev–Trinajstić information content (AvgIpc) is 2.82. The summed E-state index contributed by atoms with van der Waals surface area (Å²) in [5.41, 5.74) is 2.83. The predicted molar refractivity (Wildman–Crippen MR) is 126 cm³/mol. The Hall–Kier alpha value is -3.00.